The van der Waals surface area contributed by atoms with Crippen LogP contribution in [0.4, 0.5) is 5.82 Å². The van der Waals surface area contributed by atoms with Crippen molar-refractivity contribution in [2.45, 2.75) is 18.9 Å². The molecule has 138 valence electrons. The van der Waals surface area contributed by atoms with E-state index in [-0.39, 0.29) is 6.04 Å². The molecule has 6 heteroatoms. The van der Waals surface area contributed by atoms with Gasteiger partial charge in [-0.2, -0.15) is 0 Å². The number of benzene rings is 2. The number of rotatable bonds is 6. The van der Waals surface area contributed by atoms with Crippen molar-refractivity contribution in [2.24, 2.45) is 0 Å². The van der Waals surface area contributed by atoms with Crippen LogP contribution in [0.3, 0.4) is 0 Å². The molecular weight excluding hydrogens is 350 g/mol. The molecule has 6 nitrogen and oxygen atoms in total. The van der Waals surface area contributed by atoms with Crippen LogP contribution >= 0.6 is 0 Å². The Morgan fingerprint density at radius 2 is 1.82 bits per heavy atom. The first-order valence-corrected chi connectivity index (χ1v) is 9.27. The molecule has 0 aliphatic rings. The number of anilines is 1. The minimum absolute atomic E-state index is 0.120. The van der Waals surface area contributed by atoms with E-state index in [4.69, 9.17) is 4.42 Å². The molecule has 3 aromatic heterocycles. The van der Waals surface area contributed by atoms with Crippen molar-refractivity contribution in [1.82, 2.24) is 19.9 Å². The highest BCUT2D eigenvalue weighted by atomic mass is 16.3. The van der Waals surface area contributed by atoms with Gasteiger partial charge in [0.25, 0.3) is 0 Å². The van der Waals surface area contributed by atoms with Crippen molar-refractivity contribution in [1.29, 1.82) is 0 Å². The topological polar surface area (TPSA) is 79.6 Å². The van der Waals surface area contributed by atoms with Gasteiger partial charge >= 0.3 is 0 Å². The van der Waals surface area contributed by atoms with Gasteiger partial charge in [-0.25, -0.2) is 15.0 Å². The summed E-state index contributed by atoms with van der Waals surface area (Å²) in [6.07, 6.45) is 6.79. The zero-order valence-corrected chi connectivity index (χ0v) is 15.2. The monoisotopic (exact) mass is 369 g/mol. The lowest BCUT2D eigenvalue weighted by atomic mass is 10.0. The number of hydrogen-bond donors (Lipinski definition) is 2. The van der Waals surface area contributed by atoms with Gasteiger partial charge in [0.05, 0.1) is 6.33 Å². The van der Waals surface area contributed by atoms with Gasteiger partial charge in [-0.05, 0) is 24.1 Å². The SMILES string of the molecule is c1ccc(CC(Cc2cnc[nH]2)Nc2ncnc3c2oc2ccccc23)cc1. The Bertz CT molecular complexity index is 1200. The van der Waals surface area contributed by atoms with Gasteiger partial charge in [-0.3, -0.25) is 0 Å². The van der Waals surface area contributed by atoms with Crippen molar-refractivity contribution < 1.29 is 4.42 Å². The van der Waals surface area contributed by atoms with Crippen molar-refractivity contribution in [3.05, 3.63) is 84.7 Å². The fraction of sp³-hybridized carbons (Fsp3) is 0.136. The van der Waals surface area contributed by atoms with Gasteiger partial charge in [0.2, 0.25) is 0 Å². The van der Waals surface area contributed by atoms with Gasteiger partial charge in [0.1, 0.15) is 17.4 Å². The van der Waals surface area contributed by atoms with Crippen LogP contribution in [0.5, 0.6) is 0 Å². The Balaban J connectivity index is 1.51. The summed E-state index contributed by atoms with van der Waals surface area (Å²) in [6.45, 7) is 0. The third-order valence-corrected chi connectivity index (χ3v) is 4.84. The summed E-state index contributed by atoms with van der Waals surface area (Å²) in [4.78, 5) is 16.2. The summed E-state index contributed by atoms with van der Waals surface area (Å²) in [6, 6.07) is 18.5. The summed E-state index contributed by atoms with van der Waals surface area (Å²) in [5, 5.41) is 4.57. The Morgan fingerprint density at radius 1 is 0.964 bits per heavy atom. The molecule has 1 atom stereocenters. The van der Waals surface area contributed by atoms with Crippen LogP contribution in [-0.4, -0.2) is 26.0 Å². The average Bonchev–Trinajstić information content (AvgIpc) is 3.37. The molecule has 0 saturated carbocycles. The second kappa shape index (κ2) is 7.15. The van der Waals surface area contributed by atoms with Crippen LogP contribution in [-0.2, 0) is 12.8 Å². The highest BCUT2D eigenvalue weighted by Crippen LogP contribution is 2.30. The van der Waals surface area contributed by atoms with Crippen molar-refractivity contribution in [3.8, 4) is 0 Å². The van der Waals surface area contributed by atoms with Crippen molar-refractivity contribution >= 4 is 27.9 Å². The molecule has 0 bridgehead atoms. The van der Waals surface area contributed by atoms with Crippen LogP contribution in [0.25, 0.3) is 22.1 Å². The smallest absolute Gasteiger partial charge is 0.196 e. The maximum Gasteiger partial charge on any atom is 0.196 e. The quantitative estimate of drug-likeness (QED) is 0.465. The summed E-state index contributed by atoms with van der Waals surface area (Å²) in [5.41, 5.74) is 4.66. The molecule has 5 aromatic rings. The molecular formula is C22H19N5O. The maximum absolute atomic E-state index is 6.06. The number of furan rings is 1. The third-order valence-electron chi connectivity index (χ3n) is 4.84. The van der Waals surface area contributed by atoms with Crippen LogP contribution in [0.15, 0.2) is 77.9 Å². The Kier molecular flexibility index (Phi) is 4.21. The highest BCUT2D eigenvalue weighted by Gasteiger charge is 2.17. The van der Waals surface area contributed by atoms with Gasteiger partial charge < -0.3 is 14.7 Å². The molecule has 28 heavy (non-hydrogen) atoms. The number of aromatic nitrogens is 4. The molecule has 5 rings (SSSR count). The summed E-state index contributed by atoms with van der Waals surface area (Å²) >= 11 is 0. The number of H-pyrrole nitrogens is 1. The van der Waals surface area contributed by atoms with E-state index in [1.807, 2.05) is 36.5 Å². The lowest BCUT2D eigenvalue weighted by Crippen LogP contribution is -2.26. The number of aromatic amines is 1. The number of para-hydroxylation sites is 1. The van der Waals surface area contributed by atoms with Gasteiger partial charge in [0, 0.05) is 29.7 Å². The minimum atomic E-state index is 0.120. The first kappa shape index (κ1) is 16.5. The number of hydrogen-bond acceptors (Lipinski definition) is 5. The van der Waals surface area contributed by atoms with Crippen molar-refractivity contribution in [2.75, 3.05) is 5.32 Å². The number of imidazole rings is 1. The van der Waals surface area contributed by atoms with Gasteiger partial charge in [0.15, 0.2) is 11.4 Å². The largest absolute Gasteiger partial charge is 0.450 e. The molecule has 0 saturated heterocycles. The molecule has 3 heterocycles. The first-order chi connectivity index (χ1) is 13.9. The average molecular weight is 369 g/mol. The predicted molar refractivity (Wildman–Crippen MR) is 109 cm³/mol. The number of fused-ring (bicyclic) bond motifs is 3. The van der Waals surface area contributed by atoms with E-state index in [9.17, 15) is 0 Å². The van der Waals surface area contributed by atoms with Crippen LogP contribution in [0.1, 0.15) is 11.3 Å². The van der Waals surface area contributed by atoms with Crippen LogP contribution in [0, 0.1) is 0 Å². The summed E-state index contributed by atoms with van der Waals surface area (Å²) in [5.74, 6) is 0.710. The first-order valence-electron chi connectivity index (χ1n) is 9.27. The molecule has 2 aromatic carbocycles. The lowest BCUT2D eigenvalue weighted by molar-refractivity contribution is 0.657. The van der Waals surface area contributed by atoms with E-state index >= 15 is 0 Å². The predicted octanol–water partition coefficient (Wildman–Crippen LogP) is 4.37. The van der Waals surface area contributed by atoms with Crippen molar-refractivity contribution in [3.63, 3.8) is 0 Å². The fourth-order valence-corrected chi connectivity index (χ4v) is 3.55. The molecule has 0 spiro atoms. The van der Waals surface area contributed by atoms with Crippen LogP contribution in [0.2, 0.25) is 0 Å². The summed E-state index contributed by atoms with van der Waals surface area (Å²) in [7, 11) is 0. The zero-order chi connectivity index (χ0) is 18.8. The second-order valence-electron chi connectivity index (χ2n) is 6.81. The molecule has 0 radical (unpaired) electrons. The molecule has 0 fully saturated rings. The normalized spacial score (nSPS) is 12.4. The standard InChI is InChI=1S/C22H19N5O/c1-2-6-15(7-3-1)10-16(11-17-12-23-13-24-17)27-22-21-20(25-14-26-22)18-8-4-5-9-19(18)28-21/h1-9,12-14,16H,10-11H2,(H,23,24)(H,25,26,27). The Labute approximate surface area is 161 Å². The van der Waals surface area contributed by atoms with E-state index in [1.165, 1.54) is 5.56 Å². The maximum atomic E-state index is 6.06. The fourth-order valence-electron chi connectivity index (χ4n) is 3.55. The van der Waals surface area contributed by atoms with E-state index in [1.54, 1.807) is 12.7 Å². The molecule has 2 N–H and O–H groups in total. The summed E-state index contributed by atoms with van der Waals surface area (Å²) < 4.78 is 6.06. The lowest BCUT2D eigenvalue weighted by Gasteiger charge is -2.19. The van der Waals surface area contributed by atoms with Crippen LogP contribution < -0.4 is 5.32 Å². The van der Waals surface area contributed by atoms with E-state index in [2.05, 4.69) is 49.5 Å². The molecule has 0 aliphatic carbocycles. The minimum Gasteiger partial charge on any atom is -0.450 e. The Morgan fingerprint density at radius 3 is 2.68 bits per heavy atom. The van der Waals surface area contributed by atoms with Gasteiger partial charge in [-0.1, -0.05) is 42.5 Å². The molecule has 0 aliphatic heterocycles. The Hall–Kier alpha value is -3.67. The zero-order valence-electron chi connectivity index (χ0n) is 15.2. The number of nitrogens with one attached hydrogen (secondary N) is 2. The number of nitrogens with zero attached hydrogens (tertiary/aromatic N) is 3. The van der Waals surface area contributed by atoms with Gasteiger partial charge in [-0.15, -0.1) is 0 Å². The van der Waals surface area contributed by atoms with E-state index in [0.717, 1.165) is 35.0 Å². The van der Waals surface area contributed by atoms with E-state index in [0.29, 0.717) is 11.4 Å². The highest BCUT2D eigenvalue weighted by molar-refractivity contribution is 6.05. The molecule has 1 unspecified atom stereocenters. The molecule has 0 amide bonds. The van der Waals surface area contributed by atoms with E-state index < -0.39 is 0 Å². The third kappa shape index (κ3) is 3.20. The second-order valence-corrected chi connectivity index (χ2v) is 6.81.